The van der Waals surface area contributed by atoms with Gasteiger partial charge in [-0.15, -0.1) is 10.2 Å². The first-order valence-electron chi connectivity index (χ1n) is 7.24. The van der Waals surface area contributed by atoms with Gasteiger partial charge in [0.15, 0.2) is 11.0 Å². The van der Waals surface area contributed by atoms with Crippen molar-refractivity contribution >= 4 is 23.3 Å². The summed E-state index contributed by atoms with van der Waals surface area (Å²) in [5.41, 5.74) is 7.70. The molecule has 24 heavy (non-hydrogen) atoms. The molecule has 0 aliphatic carbocycles. The van der Waals surface area contributed by atoms with Gasteiger partial charge in [-0.25, -0.2) is 0 Å². The van der Waals surface area contributed by atoms with Crippen LogP contribution in [0.1, 0.15) is 21.5 Å². The molecule has 3 N–H and O–H groups in total. The number of anilines is 1. The summed E-state index contributed by atoms with van der Waals surface area (Å²) in [4.78, 5) is 11.5. The van der Waals surface area contributed by atoms with Crippen molar-refractivity contribution in [2.45, 2.75) is 13.1 Å². The number of hydrogen-bond acceptors (Lipinski definition) is 5. The van der Waals surface area contributed by atoms with Crippen LogP contribution in [0.15, 0.2) is 48.8 Å². The van der Waals surface area contributed by atoms with Crippen LogP contribution in [0.25, 0.3) is 0 Å². The van der Waals surface area contributed by atoms with Crippen LogP contribution in [0.4, 0.5) is 5.82 Å². The number of aromatic nitrogens is 4. The van der Waals surface area contributed by atoms with E-state index in [1.54, 1.807) is 6.20 Å². The molecule has 2 heterocycles. The number of halogens is 1. The molecular formula is C16H15ClN6O. The molecule has 0 unspecified atom stereocenters. The van der Waals surface area contributed by atoms with E-state index in [9.17, 15) is 4.79 Å². The SMILES string of the molecule is NC(=O)c1cc(Cl)nnc1NCc1cccc(Cn2cccn2)c1. The number of nitrogens with two attached hydrogens (primary N) is 1. The molecule has 2 aromatic heterocycles. The van der Waals surface area contributed by atoms with E-state index in [1.807, 2.05) is 35.1 Å². The van der Waals surface area contributed by atoms with Gasteiger partial charge in [-0.3, -0.25) is 9.48 Å². The summed E-state index contributed by atoms with van der Waals surface area (Å²) < 4.78 is 1.85. The van der Waals surface area contributed by atoms with Gasteiger partial charge in [0.1, 0.15) is 0 Å². The van der Waals surface area contributed by atoms with Crippen LogP contribution in [-0.2, 0) is 13.1 Å². The highest BCUT2D eigenvalue weighted by Crippen LogP contribution is 2.16. The molecule has 7 nitrogen and oxygen atoms in total. The van der Waals surface area contributed by atoms with Crippen molar-refractivity contribution in [2.24, 2.45) is 5.73 Å². The molecule has 0 bridgehead atoms. The molecule has 0 aliphatic heterocycles. The van der Waals surface area contributed by atoms with E-state index in [4.69, 9.17) is 17.3 Å². The second kappa shape index (κ2) is 7.10. The van der Waals surface area contributed by atoms with Crippen molar-refractivity contribution in [1.29, 1.82) is 0 Å². The predicted molar refractivity (Wildman–Crippen MR) is 90.7 cm³/mol. The Kier molecular flexibility index (Phi) is 4.72. The fourth-order valence-corrected chi connectivity index (χ4v) is 2.44. The minimum Gasteiger partial charge on any atom is -0.365 e. The number of rotatable bonds is 6. The Balaban J connectivity index is 1.72. The predicted octanol–water partition coefficient (Wildman–Crippen LogP) is 2.09. The lowest BCUT2D eigenvalue weighted by Crippen LogP contribution is -2.16. The van der Waals surface area contributed by atoms with Crippen molar-refractivity contribution in [1.82, 2.24) is 20.0 Å². The van der Waals surface area contributed by atoms with Gasteiger partial charge in [0.2, 0.25) is 0 Å². The van der Waals surface area contributed by atoms with Gasteiger partial charge in [0.05, 0.1) is 12.1 Å². The van der Waals surface area contributed by atoms with E-state index in [1.165, 1.54) is 6.07 Å². The van der Waals surface area contributed by atoms with Crippen LogP contribution in [0.2, 0.25) is 5.15 Å². The third kappa shape index (κ3) is 3.88. The zero-order chi connectivity index (χ0) is 16.9. The third-order valence-corrected chi connectivity index (χ3v) is 3.57. The lowest BCUT2D eigenvalue weighted by Gasteiger charge is -2.10. The Morgan fingerprint density at radius 2 is 2.04 bits per heavy atom. The summed E-state index contributed by atoms with van der Waals surface area (Å²) in [5.74, 6) is -0.300. The highest BCUT2D eigenvalue weighted by Gasteiger charge is 2.11. The maximum absolute atomic E-state index is 11.5. The fourth-order valence-electron chi connectivity index (χ4n) is 2.29. The maximum atomic E-state index is 11.5. The minimum atomic E-state index is -0.610. The second-order valence-electron chi connectivity index (χ2n) is 5.17. The lowest BCUT2D eigenvalue weighted by atomic mass is 10.1. The van der Waals surface area contributed by atoms with Crippen molar-refractivity contribution in [3.05, 3.63) is 70.6 Å². The summed E-state index contributed by atoms with van der Waals surface area (Å²) in [5, 5.41) is 15.0. The first kappa shape index (κ1) is 15.9. The molecule has 8 heteroatoms. The van der Waals surface area contributed by atoms with E-state index < -0.39 is 5.91 Å². The molecule has 0 saturated carbocycles. The van der Waals surface area contributed by atoms with Crippen molar-refractivity contribution < 1.29 is 4.79 Å². The first-order chi connectivity index (χ1) is 11.6. The number of primary amides is 1. The average molecular weight is 343 g/mol. The Bertz CT molecular complexity index is 850. The van der Waals surface area contributed by atoms with Gasteiger partial charge >= 0.3 is 0 Å². The molecular weight excluding hydrogens is 328 g/mol. The highest BCUT2D eigenvalue weighted by molar-refractivity contribution is 6.29. The monoisotopic (exact) mass is 342 g/mol. The zero-order valence-electron chi connectivity index (χ0n) is 12.7. The van der Waals surface area contributed by atoms with E-state index in [2.05, 4.69) is 26.7 Å². The molecule has 122 valence electrons. The minimum absolute atomic E-state index is 0.121. The molecule has 3 rings (SSSR count). The van der Waals surface area contributed by atoms with Crippen molar-refractivity contribution in [3.8, 4) is 0 Å². The smallest absolute Gasteiger partial charge is 0.252 e. The quantitative estimate of drug-likeness (QED) is 0.714. The van der Waals surface area contributed by atoms with Gasteiger partial charge < -0.3 is 11.1 Å². The standard InChI is InChI=1S/C16H15ClN6O/c17-14-8-13(15(18)24)16(22-21-14)19-9-11-3-1-4-12(7-11)10-23-6-2-5-20-23/h1-8H,9-10H2,(H2,18,24)(H,19,22). The van der Waals surface area contributed by atoms with E-state index >= 15 is 0 Å². The number of benzene rings is 1. The summed E-state index contributed by atoms with van der Waals surface area (Å²) in [6.45, 7) is 1.16. The third-order valence-electron chi connectivity index (χ3n) is 3.38. The van der Waals surface area contributed by atoms with Gasteiger partial charge in [0.25, 0.3) is 5.91 Å². The topological polar surface area (TPSA) is 98.7 Å². The van der Waals surface area contributed by atoms with Crippen molar-refractivity contribution in [3.63, 3.8) is 0 Å². The van der Waals surface area contributed by atoms with Crippen LogP contribution in [0.3, 0.4) is 0 Å². The maximum Gasteiger partial charge on any atom is 0.252 e. The summed E-state index contributed by atoms with van der Waals surface area (Å²) in [6, 6.07) is 11.3. The summed E-state index contributed by atoms with van der Waals surface area (Å²) in [7, 11) is 0. The van der Waals surface area contributed by atoms with Gasteiger partial charge in [-0.2, -0.15) is 5.10 Å². The first-order valence-corrected chi connectivity index (χ1v) is 7.62. The number of amides is 1. The lowest BCUT2D eigenvalue weighted by molar-refractivity contribution is 0.100. The normalized spacial score (nSPS) is 10.5. The van der Waals surface area contributed by atoms with E-state index in [0.29, 0.717) is 18.9 Å². The molecule has 0 radical (unpaired) electrons. The highest BCUT2D eigenvalue weighted by atomic mass is 35.5. The summed E-state index contributed by atoms with van der Waals surface area (Å²) in [6.07, 6.45) is 3.66. The molecule has 0 spiro atoms. The molecule has 0 fully saturated rings. The van der Waals surface area contributed by atoms with Crippen LogP contribution < -0.4 is 11.1 Å². The molecule has 0 saturated heterocycles. The van der Waals surface area contributed by atoms with Crippen LogP contribution in [0.5, 0.6) is 0 Å². The molecule has 3 aromatic rings. The molecule has 1 aromatic carbocycles. The fraction of sp³-hybridized carbons (Fsp3) is 0.125. The Hall–Kier alpha value is -2.93. The number of carbonyl (C=O) groups is 1. The molecule has 0 aliphatic rings. The summed E-state index contributed by atoms with van der Waals surface area (Å²) >= 11 is 5.75. The largest absolute Gasteiger partial charge is 0.365 e. The number of nitrogens with zero attached hydrogens (tertiary/aromatic N) is 4. The Morgan fingerprint density at radius 3 is 2.79 bits per heavy atom. The van der Waals surface area contributed by atoms with Gasteiger partial charge in [-0.05, 0) is 23.3 Å². The molecule has 0 atom stereocenters. The van der Waals surface area contributed by atoms with E-state index in [-0.39, 0.29) is 10.7 Å². The number of carbonyl (C=O) groups excluding carboxylic acids is 1. The Morgan fingerprint density at radius 1 is 1.21 bits per heavy atom. The van der Waals surface area contributed by atoms with Crippen LogP contribution >= 0.6 is 11.6 Å². The van der Waals surface area contributed by atoms with E-state index in [0.717, 1.165) is 11.1 Å². The van der Waals surface area contributed by atoms with Crippen LogP contribution in [0, 0.1) is 0 Å². The van der Waals surface area contributed by atoms with Gasteiger partial charge in [0, 0.05) is 18.9 Å². The average Bonchev–Trinajstić information content (AvgIpc) is 3.07. The van der Waals surface area contributed by atoms with Crippen LogP contribution in [-0.4, -0.2) is 25.9 Å². The number of hydrogen-bond donors (Lipinski definition) is 2. The zero-order valence-corrected chi connectivity index (χ0v) is 13.4. The van der Waals surface area contributed by atoms with Crippen molar-refractivity contribution in [2.75, 3.05) is 5.32 Å². The molecule has 1 amide bonds. The number of nitrogens with one attached hydrogen (secondary N) is 1. The Labute approximate surface area is 143 Å². The van der Waals surface area contributed by atoms with Gasteiger partial charge in [-0.1, -0.05) is 35.9 Å². The second-order valence-corrected chi connectivity index (χ2v) is 5.56.